The summed E-state index contributed by atoms with van der Waals surface area (Å²) in [4.78, 5) is 23.1. The monoisotopic (exact) mass is 158 g/mol. The maximum absolute atomic E-state index is 10.9. The summed E-state index contributed by atoms with van der Waals surface area (Å²) in [6.45, 7) is 4.15. The zero-order valence-electron chi connectivity index (χ0n) is 7.18. The van der Waals surface area contributed by atoms with Crippen molar-refractivity contribution in [2.75, 3.05) is 13.6 Å². The van der Waals surface area contributed by atoms with Crippen molar-refractivity contribution in [2.45, 2.75) is 20.3 Å². The highest BCUT2D eigenvalue weighted by Gasteiger charge is 2.07. The van der Waals surface area contributed by atoms with Gasteiger partial charge in [0.2, 0.25) is 5.91 Å². The molecule has 1 N–H and O–H groups in total. The number of nitrogens with one attached hydrogen (secondary N) is 1. The van der Waals surface area contributed by atoms with Crippen molar-refractivity contribution in [2.24, 2.45) is 0 Å². The third kappa shape index (κ3) is 3.60. The van der Waals surface area contributed by atoms with E-state index in [0.717, 1.165) is 0 Å². The largest absolute Gasteiger partial charge is 0.328 e. The molecule has 0 unspecified atom stereocenters. The molecule has 0 saturated carbocycles. The number of rotatable bonds is 2. The first-order valence-corrected chi connectivity index (χ1v) is 3.66. The van der Waals surface area contributed by atoms with Crippen molar-refractivity contribution >= 4 is 11.9 Å². The summed E-state index contributed by atoms with van der Waals surface area (Å²) in [6, 6.07) is -0.334. The summed E-state index contributed by atoms with van der Waals surface area (Å²) in [5, 5.41) is 2.23. The van der Waals surface area contributed by atoms with Gasteiger partial charge >= 0.3 is 6.03 Å². The van der Waals surface area contributed by atoms with Gasteiger partial charge in [-0.05, 0) is 6.92 Å². The van der Waals surface area contributed by atoms with Crippen LogP contribution in [0.4, 0.5) is 4.79 Å². The number of hydrogen-bond donors (Lipinski definition) is 1. The quantitative estimate of drug-likeness (QED) is 0.639. The molecule has 0 atom stereocenters. The second kappa shape index (κ2) is 4.71. The lowest BCUT2D eigenvalue weighted by molar-refractivity contribution is -0.119. The molecule has 0 aromatic rings. The zero-order valence-corrected chi connectivity index (χ0v) is 7.18. The Morgan fingerprint density at radius 3 is 2.27 bits per heavy atom. The van der Waals surface area contributed by atoms with Gasteiger partial charge in [-0.1, -0.05) is 6.92 Å². The minimum atomic E-state index is -0.334. The number of nitrogens with zero attached hydrogens (tertiary/aromatic N) is 1. The van der Waals surface area contributed by atoms with E-state index in [2.05, 4.69) is 5.32 Å². The van der Waals surface area contributed by atoms with Crippen LogP contribution in [0.3, 0.4) is 0 Å². The molecule has 0 spiro atoms. The number of carbonyl (C=O) groups is 2. The van der Waals surface area contributed by atoms with Gasteiger partial charge in [0.05, 0.1) is 0 Å². The van der Waals surface area contributed by atoms with Crippen LogP contribution in [0, 0.1) is 0 Å². The Bertz CT molecular complexity index is 157. The van der Waals surface area contributed by atoms with E-state index in [1.165, 1.54) is 4.90 Å². The Balaban J connectivity index is 3.77. The fraction of sp³-hybridized carbons (Fsp3) is 0.714. The molecule has 0 fully saturated rings. The van der Waals surface area contributed by atoms with E-state index in [1.807, 2.05) is 6.92 Å². The van der Waals surface area contributed by atoms with Gasteiger partial charge in [0.15, 0.2) is 0 Å². The van der Waals surface area contributed by atoms with Gasteiger partial charge in [-0.2, -0.15) is 0 Å². The lowest BCUT2D eigenvalue weighted by Gasteiger charge is -2.13. The summed E-state index contributed by atoms with van der Waals surface area (Å²) >= 11 is 0. The molecule has 4 nitrogen and oxygen atoms in total. The van der Waals surface area contributed by atoms with Crippen LogP contribution >= 0.6 is 0 Å². The normalized spacial score (nSPS) is 9.00. The van der Waals surface area contributed by atoms with Crippen LogP contribution in [0.5, 0.6) is 0 Å². The minimum absolute atomic E-state index is 0.240. The number of imide groups is 1. The van der Waals surface area contributed by atoms with Gasteiger partial charge < -0.3 is 4.90 Å². The number of amides is 3. The van der Waals surface area contributed by atoms with Crippen LogP contribution in [0.15, 0.2) is 0 Å². The fourth-order valence-electron chi connectivity index (χ4n) is 0.447. The lowest BCUT2D eigenvalue weighted by atomic mass is 10.4. The van der Waals surface area contributed by atoms with Crippen molar-refractivity contribution in [1.29, 1.82) is 0 Å². The van der Waals surface area contributed by atoms with Crippen LogP contribution in [-0.2, 0) is 4.79 Å². The van der Waals surface area contributed by atoms with Crippen LogP contribution in [0.1, 0.15) is 20.3 Å². The molecule has 0 radical (unpaired) electrons. The molecule has 4 heteroatoms. The number of hydrogen-bond acceptors (Lipinski definition) is 2. The van der Waals surface area contributed by atoms with E-state index in [0.29, 0.717) is 13.0 Å². The van der Waals surface area contributed by atoms with E-state index >= 15 is 0 Å². The standard InChI is InChI=1S/C7H14N2O2/c1-4-6(10)8-7(11)9(3)5-2/h4-5H2,1-3H3,(H,8,10,11). The molecule has 64 valence electrons. The molecular formula is C7H14N2O2. The minimum Gasteiger partial charge on any atom is -0.328 e. The average Bonchev–Trinajstić information content (AvgIpc) is 2.02. The van der Waals surface area contributed by atoms with Crippen molar-refractivity contribution in [3.8, 4) is 0 Å². The average molecular weight is 158 g/mol. The highest BCUT2D eigenvalue weighted by Crippen LogP contribution is 1.83. The Kier molecular flexibility index (Phi) is 4.26. The number of urea groups is 1. The van der Waals surface area contributed by atoms with Crippen LogP contribution < -0.4 is 5.32 Å². The lowest BCUT2D eigenvalue weighted by Crippen LogP contribution is -2.40. The van der Waals surface area contributed by atoms with Crippen LogP contribution in [0.25, 0.3) is 0 Å². The fourth-order valence-corrected chi connectivity index (χ4v) is 0.447. The molecule has 0 aliphatic carbocycles. The molecule has 0 bridgehead atoms. The van der Waals surface area contributed by atoms with Gasteiger partial charge in [0.25, 0.3) is 0 Å². The maximum atomic E-state index is 10.9. The molecule has 0 aromatic carbocycles. The predicted octanol–water partition coefficient (Wildman–Crippen LogP) is 0.584. The topological polar surface area (TPSA) is 49.4 Å². The zero-order chi connectivity index (χ0) is 8.85. The highest BCUT2D eigenvalue weighted by molar-refractivity contribution is 5.93. The highest BCUT2D eigenvalue weighted by atomic mass is 16.2. The van der Waals surface area contributed by atoms with Crippen molar-refractivity contribution in [3.63, 3.8) is 0 Å². The summed E-state index contributed by atoms with van der Waals surface area (Å²) in [5.74, 6) is -0.240. The van der Waals surface area contributed by atoms with E-state index < -0.39 is 0 Å². The summed E-state index contributed by atoms with van der Waals surface area (Å²) < 4.78 is 0. The smallest absolute Gasteiger partial charge is 0.323 e. The summed E-state index contributed by atoms with van der Waals surface area (Å²) in [6.07, 6.45) is 0.337. The molecule has 0 heterocycles. The molecule has 0 saturated heterocycles. The summed E-state index contributed by atoms with van der Waals surface area (Å²) in [5.41, 5.74) is 0. The van der Waals surface area contributed by atoms with Crippen molar-refractivity contribution in [1.82, 2.24) is 10.2 Å². The molecule has 11 heavy (non-hydrogen) atoms. The first kappa shape index (κ1) is 9.94. The first-order chi connectivity index (χ1) is 5.11. The van der Waals surface area contributed by atoms with E-state index in [4.69, 9.17) is 0 Å². The number of carbonyl (C=O) groups excluding carboxylic acids is 2. The van der Waals surface area contributed by atoms with Crippen molar-refractivity contribution < 1.29 is 9.59 Å². The molecule has 0 aliphatic heterocycles. The van der Waals surface area contributed by atoms with Gasteiger partial charge in [0.1, 0.15) is 0 Å². The Morgan fingerprint density at radius 1 is 1.36 bits per heavy atom. The van der Waals surface area contributed by atoms with Gasteiger partial charge in [0, 0.05) is 20.0 Å². The molecule has 0 aromatic heterocycles. The molecule has 3 amide bonds. The summed E-state index contributed by atoms with van der Waals surface area (Å²) in [7, 11) is 1.64. The van der Waals surface area contributed by atoms with Gasteiger partial charge in [-0.15, -0.1) is 0 Å². The maximum Gasteiger partial charge on any atom is 0.323 e. The van der Waals surface area contributed by atoms with Gasteiger partial charge in [-0.3, -0.25) is 10.1 Å². The third-order valence-electron chi connectivity index (χ3n) is 1.39. The SMILES string of the molecule is CCC(=O)NC(=O)N(C)CC. The van der Waals surface area contributed by atoms with Crippen LogP contribution in [0.2, 0.25) is 0 Å². The van der Waals surface area contributed by atoms with Gasteiger partial charge in [-0.25, -0.2) is 4.79 Å². The Morgan fingerprint density at radius 2 is 1.91 bits per heavy atom. The van der Waals surface area contributed by atoms with E-state index in [-0.39, 0.29) is 11.9 Å². The second-order valence-electron chi connectivity index (χ2n) is 2.22. The Labute approximate surface area is 66.6 Å². The first-order valence-electron chi connectivity index (χ1n) is 3.66. The van der Waals surface area contributed by atoms with E-state index in [9.17, 15) is 9.59 Å². The molecule has 0 rings (SSSR count). The van der Waals surface area contributed by atoms with Crippen LogP contribution in [-0.4, -0.2) is 30.4 Å². The Hall–Kier alpha value is -1.06. The molecule has 0 aliphatic rings. The molecular weight excluding hydrogens is 144 g/mol. The third-order valence-corrected chi connectivity index (χ3v) is 1.39. The predicted molar refractivity (Wildman–Crippen MR) is 42.1 cm³/mol. The second-order valence-corrected chi connectivity index (χ2v) is 2.22. The van der Waals surface area contributed by atoms with E-state index in [1.54, 1.807) is 14.0 Å². The van der Waals surface area contributed by atoms with Crippen molar-refractivity contribution in [3.05, 3.63) is 0 Å².